The lowest BCUT2D eigenvalue weighted by Crippen LogP contribution is -2.20. The summed E-state index contributed by atoms with van der Waals surface area (Å²) in [5, 5.41) is 21.6. The second-order valence-electron chi connectivity index (χ2n) is 5.07. The van der Waals surface area contributed by atoms with Crippen LogP contribution in [0.25, 0.3) is 0 Å². The van der Waals surface area contributed by atoms with Gasteiger partial charge in [-0.3, -0.25) is 20.2 Å². The standard InChI is InChI=1S/C16H16N2O4S2/c1-23-16(24-2,13-5-9-15(10-6-13)18(21)22)11-12-3-7-14(8-4-12)17(19)20/h3-10H,11H2,1-2H3. The molecule has 0 saturated heterocycles. The summed E-state index contributed by atoms with van der Waals surface area (Å²) in [6.45, 7) is 0. The smallest absolute Gasteiger partial charge is 0.258 e. The average Bonchev–Trinajstić information content (AvgIpc) is 2.60. The first kappa shape index (κ1) is 18.3. The first-order valence-corrected chi connectivity index (χ1v) is 9.45. The predicted octanol–water partition coefficient (Wildman–Crippen LogP) is 4.62. The predicted molar refractivity (Wildman–Crippen MR) is 98.6 cm³/mol. The minimum Gasteiger partial charge on any atom is -0.258 e. The highest BCUT2D eigenvalue weighted by atomic mass is 32.2. The largest absolute Gasteiger partial charge is 0.269 e. The Labute approximate surface area is 148 Å². The van der Waals surface area contributed by atoms with E-state index in [4.69, 9.17) is 0 Å². The van der Waals surface area contributed by atoms with Crippen LogP contribution in [0.2, 0.25) is 0 Å². The van der Waals surface area contributed by atoms with Crippen molar-refractivity contribution in [3.05, 3.63) is 79.9 Å². The van der Waals surface area contributed by atoms with Gasteiger partial charge in [0.05, 0.1) is 13.9 Å². The quantitative estimate of drug-likeness (QED) is 0.405. The zero-order valence-electron chi connectivity index (χ0n) is 13.2. The van der Waals surface area contributed by atoms with Crippen molar-refractivity contribution >= 4 is 34.9 Å². The molecule has 24 heavy (non-hydrogen) atoms. The van der Waals surface area contributed by atoms with Crippen molar-refractivity contribution < 1.29 is 9.85 Å². The van der Waals surface area contributed by atoms with Gasteiger partial charge in [0.2, 0.25) is 0 Å². The minimum atomic E-state index is -0.420. The lowest BCUT2D eigenvalue weighted by molar-refractivity contribution is -0.385. The van der Waals surface area contributed by atoms with Gasteiger partial charge < -0.3 is 0 Å². The van der Waals surface area contributed by atoms with Crippen LogP contribution in [0.15, 0.2) is 48.5 Å². The SMILES string of the molecule is CSC(Cc1ccc([N+](=O)[O-])cc1)(SC)c1ccc([N+](=O)[O-])cc1. The van der Waals surface area contributed by atoms with E-state index in [0.717, 1.165) is 11.1 Å². The van der Waals surface area contributed by atoms with E-state index in [-0.39, 0.29) is 15.5 Å². The Balaban J connectivity index is 2.32. The molecule has 2 aromatic rings. The fourth-order valence-electron chi connectivity index (χ4n) is 2.41. The summed E-state index contributed by atoms with van der Waals surface area (Å²) in [5.74, 6) is 0. The third-order valence-electron chi connectivity index (χ3n) is 3.76. The van der Waals surface area contributed by atoms with Crippen LogP contribution in [-0.2, 0) is 10.5 Å². The van der Waals surface area contributed by atoms with E-state index in [2.05, 4.69) is 0 Å². The van der Waals surface area contributed by atoms with Gasteiger partial charge in [-0.25, -0.2) is 0 Å². The molecule has 2 rings (SSSR count). The molecule has 0 heterocycles. The van der Waals surface area contributed by atoms with E-state index in [1.807, 2.05) is 12.5 Å². The highest BCUT2D eigenvalue weighted by Crippen LogP contribution is 2.47. The summed E-state index contributed by atoms with van der Waals surface area (Å²) in [6.07, 6.45) is 4.64. The number of rotatable bonds is 7. The third-order valence-corrected chi connectivity index (χ3v) is 6.84. The van der Waals surface area contributed by atoms with Gasteiger partial charge in [0, 0.05) is 30.7 Å². The zero-order valence-corrected chi connectivity index (χ0v) is 14.8. The number of nitro benzene ring substituents is 2. The van der Waals surface area contributed by atoms with Gasteiger partial charge >= 0.3 is 0 Å². The normalized spacial score (nSPS) is 11.2. The van der Waals surface area contributed by atoms with Crippen molar-refractivity contribution in [2.75, 3.05) is 12.5 Å². The summed E-state index contributed by atoms with van der Waals surface area (Å²) >= 11 is 3.30. The number of benzene rings is 2. The number of nitro groups is 2. The Bertz CT molecular complexity index is 729. The number of hydrogen-bond acceptors (Lipinski definition) is 6. The average molecular weight is 364 g/mol. The third kappa shape index (κ3) is 3.88. The topological polar surface area (TPSA) is 86.3 Å². The Kier molecular flexibility index (Phi) is 5.84. The van der Waals surface area contributed by atoms with E-state index in [0.29, 0.717) is 6.42 Å². The maximum atomic E-state index is 10.8. The number of thioether (sulfide) groups is 2. The second-order valence-corrected chi connectivity index (χ2v) is 7.53. The Morgan fingerprint density at radius 3 is 1.62 bits per heavy atom. The summed E-state index contributed by atoms with van der Waals surface area (Å²) in [7, 11) is 0. The first-order valence-electron chi connectivity index (χ1n) is 7.00. The molecule has 126 valence electrons. The Morgan fingerprint density at radius 2 is 1.25 bits per heavy atom. The van der Waals surface area contributed by atoms with Gasteiger partial charge in [0.25, 0.3) is 11.4 Å². The molecule has 0 unspecified atom stereocenters. The molecular formula is C16H16N2O4S2. The van der Waals surface area contributed by atoms with Gasteiger partial charge in [0.1, 0.15) is 0 Å². The highest BCUT2D eigenvalue weighted by Gasteiger charge is 2.31. The van der Waals surface area contributed by atoms with E-state index >= 15 is 0 Å². The molecule has 0 aromatic heterocycles. The highest BCUT2D eigenvalue weighted by molar-refractivity contribution is 8.16. The number of non-ortho nitro benzene ring substituents is 2. The molecule has 6 nitrogen and oxygen atoms in total. The van der Waals surface area contributed by atoms with Gasteiger partial charge in [0.15, 0.2) is 0 Å². The molecule has 0 fully saturated rings. The van der Waals surface area contributed by atoms with Crippen molar-refractivity contribution in [1.82, 2.24) is 0 Å². The summed E-state index contributed by atoms with van der Waals surface area (Å²) in [5.41, 5.74) is 2.08. The first-order chi connectivity index (χ1) is 11.4. The maximum Gasteiger partial charge on any atom is 0.269 e. The van der Waals surface area contributed by atoms with Gasteiger partial charge in [-0.05, 0) is 35.8 Å². The van der Waals surface area contributed by atoms with Crippen molar-refractivity contribution in [3.8, 4) is 0 Å². The van der Waals surface area contributed by atoms with Crippen molar-refractivity contribution in [2.24, 2.45) is 0 Å². The maximum absolute atomic E-state index is 10.8. The lowest BCUT2D eigenvalue weighted by atomic mass is 10.0. The Hall–Kier alpha value is -2.06. The van der Waals surface area contributed by atoms with Crippen LogP contribution in [0, 0.1) is 20.2 Å². The summed E-state index contributed by atoms with van der Waals surface area (Å²) in [4.78, 5) is 20.7. The molecule has 0 aliphatic heterocycles. The molecule has 0 saturated carbocycles. The molecule has 0 N–H and O–H groups in total. The number of nitrogens with zero attached hydrogens (tertiary/aromatic N) is 2. The van der Waals surface area contributed by atoms with Crippen molar-refractivity contribution in [1.29, 1.82) is 0 Å². The lowest BCUT2D eigenvalue weighted by Gasteiger charge is -2.31. The monoisotopic (exact) mass is 364 g/mol. The molecule has 0 bridgehead atoms. The molecule has 8 heteroatoms. The summed E-state index contributed by atoms with van der Waals surface area (Å²) in [6, 6.07) is 13.1. The Morgan fingerprint density at radius 1 is 0.833 bits per heavy atom. The van der Waals surface area contributed by atoms with Crippen LogP contribution in [0.4, 0.5) is 11.4 Å². The van der Waals surface area contributed by atoms with Crippen molar-refractivity contribution in [3.63, 3.8) is 0 Å². The fraction of sp³-hybridized carbons (Fsp3) is 0.250. The molecule has 0 spiro atoms. The number of hydrogen-bond donors (Lipinski definition) is 0. The van der Waals surface area contributed by atoms with Crippen LogP contribution in [0.3, 0.4) is 0 Å². The molecule has 0 aliphatic carbocycles. The van der Waals surface area contributed by atoms with Gasteiger partial charge in [-0.2, -0.15) is 0 Å². The summed E-state index contributed by atoms with van der Waals surface area (Å²) < 4.78 is -0.314. The van der Waals surface area contributed by atoms with Crippen LogP contribution in [0.1, 0.15) is 11.1 Å². The molecule has 2 aromatic carbocycles. The van der Waals surface area contributed by atoms with E-state index in [9.17, 15) is 20.2 Å². The van der Waals surface area contributed by atoms with Crippen LogP contribution >= 0.6 is 23.5 Å². The van der Waals surface area contributed by atoms with Gasteiger partial charge in [-0.15, -0.1) is 23.5 Å². The second kappa shape index (κ2) is 7.67. The molecule has 0 amide bonds. The zero-order chi connectivity index (χ0) is 17.7. The molecule has 0 radical (unpaired) electrons. The fourth-order valence-corrected chi connectivity index (χ4v) is 4.44. The molecular weight excluding hydrogens is 348 g/mol. The van der Waals surface area contributed by atoms with E-state index in [1.165, 1.54) is 24.3 Å². The van der Waals surface area contributed by atoms with Crippen LogP contribution in [-0.4, -0.2) is 22.4 Å². The van der Waals surface area contributed by atoms with Crippen molar-refractivity contribution in [2.45, 2.75) is 10.5 Å². The van der Waals surface area contributed by atoms with Gasteiger partial charge in [-0.1, -0.05) is 12.1 Å². The molecule has 0 aliphatic rings. The van der Waals surface area contributed by atoms with E-state index < -0.39 is 9.85 Å². The van der Waals surface area contributed by atoms with E-state index in [1.54, 1.807) is 47.8 Å². The minimum absolute atomic E-state index is 0.0604. The molecule has 0 atom stereocenters. The van der Waals surface area contributed by atoms with Crippen LogP contribution in [0.5, 0.6) is 0 Å². The van der Waals surface area contributed by atoms with Crippen LogP contribution < -0.4 is 0 Å².